The highest BCUT2D eigenvalue weighted by molar-refractivity contribution is 7.80. The normalized spacial score (nSPS) is 18.0. The Kier molecular flexibility index (Phi) is 5.22. The average Bonchev–Trinajstić information content (AvgIpc) is 2.87. The van der Waals surface area contributed by atoms with Crippen LogP contribution < -0.4 is 14.2 Å². The quantitative estimate of drug-likeness (QED) is 0.816. The van der Waals surface area contributed by atoms with Crippen LogP contribution in [-0.4, -0.2) is 44.4 Å². The topological polar surface area (TPSA) is 48.0 Å². The standard InChI is InChI=1S/C15H21NO4S/c1-18-11-5-13(19-2)12(14(6-11)20-3)8-16-7-10(9-21)4-15(16)17/h5-6,10,21H,4,7-9H2,1-3H3. The second-order valence-corrected chi connectivity index (χ2v) is 5.40. The van der Waals surface area contributed by atoms with Crippen LogP contribution in [0.25, 0.3) is 0 Å². The Morgan fingerprint density at radius 3 is 2.24 bits per heavy atom. The summed E-state index contributed by atoms with van der Waals surface area (Å²) in [7, 11) is 4.79. The van der Waals surface area contributed by atoms with Gasteiger partial charge < -0.3 is 19.1 Å². The van der Waals surface area contributed by atoms with Crippen molar-refractivity contribution in [3.63, 3.8) is 0 Å². The van der Waals surface area contributed by atoms with Crippen LogP contribution in [-0.2, 0) is 11.3 Å². The lowest BCUT2D eigenvalue weighted by Crippen LogP contribution is -2.25. The molecule has 1 aliphatic heterocycles. The minimum atomic E-state index is 0.147. The third-order valence-corrected chi connectivity index (χ3v) is 4.24. The molecule has 0 spiro atoms. The highest BCUT2D eigenvalue weighted by Gasteiger charge is 2.30. The van der Waals surface area contributed by atoms with E-state index in [1.807, 2.05) is 4.90 Å². The maximum atomic E-state index is 12.1. The van der Waals surface area contributed by atoms with Crippen LogP contribution in [0.4, 0.5) is 0 Å². The molecule has 0 aliphatic carbocycles. The molecule has 21 heavy (non-hydrogen) atoms. The Labute approximate surface area is 130 Å². The molecule has 1 aromatic carbocycles. The molecule has 116 valence electrons. The summed E-state index contributed by atoms with van der Waals surface area (Å²) in [6.07, 6.45) is 0.560. The summed E-state index contributed by atoms with van der Waals surface area (Å²) in [5, 5.41) is 0. The van der Waals surface area contributed by atoms with E-state index in [-0.39, 0.29) is 5.91 Å². The van der Waals surface area contributed by atoms with Gasteiger partial charge in [0.05, 0.1) is 33.4 Å². The third-order valence-electron chi connectivity index (χ3n) is 3.72. The van der Waals surface area contributed by atoms with Crippen LogP contribution >= 0.6 is 12.6 Å². The smallest absolute Gasteiger partial charge is 0.223 e. The fraction of sp³-hybridized carbons (Fsp3) is 0.533. The molecule has 1 unspecified atom stereocenters. The van der Waals surface area contributed by atoms with Gasteiger partial charge in [-0.25, -0.2) is 0 Å². The number of hydrogen-bond acceptors (Lipinski definition) is 5. The van der Waals surface area contributed by atoms with Crippen molar-refractivity contribution in [2.75, 3.05) is 33.6 Å². The third kappa shape index (κ3) is 3.37. The molecule has 1 saturated heterocycles. The molecule has 1 aliphatic rings. The minimum Gasteiger partial charge on any atom is -0.496 e. The van der Waals surface area contributed by atoms with Gasteiger partial charge >= 0.3 is 0 Å². The summed E-state index contributed by atoms with van der Waals surface area (Å²) in [5.41, 5.74) is 0.856. The molecule has 0 aromatic heterocycles. The van der Waals surface area contributed by atoms with Gasteiger partial charge in [-0.05, 0) is 11.7 Å². The summed E-state index contributed by atoms with van der Waals surface area (Å²) in [6.45, 7) is 1.19. The Bertz CT molecular complexity index is 495. The van der Waals surface area contributed by atoms with Gasteiger partial charge in [0.15, 0.2) is 0 Å². The molecule has 1 aromatic rings. The number of hydrogen-bond donors (Lipinski definition) is 1. The van der Waals surface area contributed by atoms with Crippen molar-refractivity contribution in [3.8, 4) is 17.2 Å². The molecule has 1 fully saturated rings. The van der Waals surface area contributed by atoms with E-state index in [1.54, 1.807) is 33.5 Å². The fourth-order valence-corrected chi connectivity index (χ4v) is 2.80. The van der Waals surface area contributed by atoms with Crippen molar-refractivity contribution in [1.29, 1.82) is 0 Å². The zero-order chi connectivity index (χ0) is 15.4. The zero-order valence-corrected chi connectivity index (χ0v) is 13.5. The Balaban J connectivity index is 2.28. The SMILES string of the molecule is COc1cc(OC)c(CN2CC(CS)CC2=O)c(OC)c1. The molecule has 0 radical (unpaired) electrons. The fourth-order valence-electron chi connectivity index (χ4n) is 2.55. The highest BCUT2D eigenvalue weighted by atomic mass is 32.1. The molecular weight excluding hydrogens is 290 g/mol. The van der Waals surface area contributed by atoms with Crippen molar-refractivity contribution in [1.82, 2.24) is 4.90 Å². The first-order valence-corrected chi connectivity index (χ1v) is 7.43. The predicted molar refractivity (Wildman–Crippen MR) is 83.5 cm³/mol. The van der Waals surface area contributed by atoms with Gasteiger partial charge in [-0.15, -0.1) is 0 Å². The first kappa shape index (κ1) is 15.8. The second-order valence-electron chi connectivity index (χ2n) is 5.04. The molecule has 0 bridgehead atoms. The van der Waals surface area contributed by atoms with Gasteiger partial charge in [-0.2, -0.15) is 12.6 Å². The molecule has 0 N–H and O–H groups in total. The molecule has 1 atom stereocenters. The predicted octanol–water partition coefficient (Wildman–Crippen LogP) is 1.99. The van der Waals surface area contributed by atoms with E-state index in [0.29, 0.717) is 36.1 Å². The van der Waals surface area contributed by atoms with Gasteiger partial charge in [-0.3, -0.25) is 4.79 Å². The number of ether oxygens (including phenoxy) is 3. The summed E-state index contributed by atoms with van der Waals surface area (Å²) in [5.74, 6) is 3.17. The number of amides is 1. The number of carbonyl (C=O) groups is 1. The number of nitrogens with zero attached hydrogens (tertiary/aromatic N) is 1. The van der Waals surface area contributed by atoms with E-state index in [9.17, 15) is 4.79 Å². The van der Waals surface area contributed by atoms with Gasteiger partial charge in [-0.1, -0.05) is 0 Å². The van der Waals surface area contributed by atoms with Crippen LogP contribution in [0.2, 0.25) is 0 Å². The van der Waals surface area contributed by atoms with Crippen LogP contribution in [0.5, 0.6) is 17.2 Å². The number of rotatable bonds is 6. The van der Waals surface area contributed by atoms with Crippen LogP contribution in [0.1, 0.15) is 12.0 Å². The van der Waals surface area contributed by atoms with E-state index < -0.39 is 0 Å². The average molecular weight is 311 g/mol. The summed E-state index contributed by atoms with van der Waals surface area (Å²) in [6, 6.07) is 3.60. The van der Waals surface area contributed by atoms with Crippen LogP contribution in [0.15, 0.2) is 12.1 Å². The van der Waals surface area contributed by atoms with Crippen molar-refractivity contribution in [3.05, 3.63) is 17.7 Å². The maximum Gasteiger partial charge on any atom is 0.223 e. The van der Waals surface area contributed by atoms with E-state index in [2.05, 4.69) is 12.6 Å². The maximum absolute atomic E-state index is 12.1. The Hall–Kier alpha value is -1.56. The number of thiol groups is 1. The summed E-state index contributed by atoms with van der Waals surface area (Å²) >= 11 is 4.28. The zero-order valence-electron chi connectivity index (χ0n) is 12.6. The second kappa shape index (κ2) is 6.93. The van der Waals surface area contributed by atoms with Crippen molar-refractivity contribution < 1.29 is 19.0 Å². The minimum absolute atomic E-state index is 0.147. The van der Waals surface area contributed by atoms with Crippen molar-refractivity contribution in [2.24, 2.45) is 5.92 Å². The van der Waals surface area contributed by atoms with E-state index in [1.165, 1.54) is 0 Å². The Morgan fingerprint density at radius 1 is 1.19 bits per heavy atom. The number of methoxy groups -OCH3 is 3. The van der Waals surface area contributed by atoms with Gasteiger partial charge in [0.2, 0.25) is 5.91 Å². The first-order valence-electron chi connectivity index (χ1n) is 6.80. The largest absolute Gasteiger partial charge is 0.496 e. The van der Waals surface area contributed by atoms with Gasteiger partial charge in [0, 0.05) is 25.1 Å². The van der Waals surface area contributed by atoms with Crippen LogP contribution in [0, 0.1) is 5.92 Å². The molecule has 0 saturated carbocycles. The Morgan fingerprint density at radius 2 is 1.81 bits per heavy atom. The number of carbonyl (C=O) groups excluding carboxylic acids is 1. The highest BCUT2D eigenvalue weighted by Crippen LogP contribution is 2.36. The van der Waals surface area contributed by atoms with E-state index >= 15 is 0 Å². The van der Waals surface area contributed by atoms with Crippen molar-refractivity contribution >= 4 is 18.5 Å². The molecular formula is C15H21NO4S. The summed E-state index contributed by atoms with van der Waals surface area (Å²) < 4.78 is 16.1. The van der Waals surface area contributed by atoms with E-state index in [0.717, 1.165) is 17.9 Å². The lowest BCUT2D eigenvalue weighted by Gasteiger charge is -2.21. The van der Waals surface area contributed by atoms with Crippen molar-refractivity contribution in [2.45, 2.75) is 13.0 Å². The van der Waals surface area contributed by atoms with E-state index in [4.69, 9.17) is 14.2 Å². The van der Waals surface area contributed by atoms with Gasteiger partial charge in [0.25, 0.3) is 0 Å². The molecule has 6 heteroatoms. The molecule has 2 rings (SSSR count). The van der Waals surface area contributed by atoms with Crippen LogP contribution in [0.3, 0.4) is 0 Å². The molecule has 1 amide bonds. The lowest BCUT2D eigenvalue weighted by atomic mass is 10.1. The molecule has 1 heterocycles. The molecule has 5 nitrogen and oxygen atoms in total. The number of benzene rings is 1. The first-order chi connectivity index (χ1) is 10.1. The van der Waals surface area contributed by atoms with Gasteiger partial charge in [0.1, 0.15) is 17.2 Å². The lowest BCUT2D eigenvalue weighted by molar-refractivity contribution is -0.128. The monoisotopic (exact) mass is 311 g/mol. The number of likely N-dealkylation sites (tertiary alicyclic amines) is 1. The summed E-state index contributed by atoms with van der Waals surface area (Å²) in [4.78, 5) is 13.9.